The average Bonchev–Trinajstić information content (AvgIpc) is 3.30. The molecular weight excluding hydrogens is 907 g/mol. The Hall–Kier alpha value is -4.21. The Balaban J connectivity index is 1.46. The van der Waals surface area contributed by atoms with Crippen molar-refractivity contribution in [1.29, 1.82) is 0 Å². The van der Waals surface area contributed by atoms with Crippen molar-refractivity contribution in [1.82, 2.24) is 14.8 Å². The zero-order chi connectivity index (χ0) is 51.3. The molecule has 0 bridgehead atoms. The maximum absolute atomic E-state index is 14.1. The van der Waals surface area contributed by atoms with Crippen LogP contribution in [0.25, 0.3) is 17.0 Å². The van der Waals surface area contributed by atoms with E-state index in [1.54, 1.807) is 65.9 Å². The molecule has 1 aromatic carbocycles. The third-order valence-corrected chi connectivity index (χ3v) is 13.5. The number of cyclic esters (lactones) is 1. The zero-order valence-corrected chi connectivity index (χ0v) is 42.5. The third-order valence-electron chi connectivity index (χ3n) is 13.5. The molecule has 18 nitrogen and oxygen atoms in total. The molecule has 0 saturated carbocycles. The van der Waals surface area contributed by atoms with Crippen LogP contribution in [0.5, 0.6) is 0 Å². The number of aliphatic hydroxyl groups excluding tert-OH is 2. The van der Waals surface area contributed by atoms with E-state index in [2.05, 4.69) is 4.98 Å². The number of hydrogen-bond acceptors (Lipinski definition) is 18. The number of β-amino-alcohol motifs (C(OH)–C–C–N with tert-alkyl or cyclic N) is 1. The molecule has 3 aliphatic heterocycles. The number of nitrogens with zero attached hydrogens (tertiary/aromatic N) is 3. The molecule has 2 aromatic rings. The van der Waals surface area contributed by atoms with Crippen LogP contribution in [0.1, 0.15) is 92.1 Å². The van der Waals surface area contributed by atoms with Gasteiger partial charge in [0.15, 0.2) is 18.7 Å². The fraction of sp³-hybridized carbons (Fsp3) is 0.673. The summed E-state index contributed by atoms with van der Waals surface area (Å²) in [5.41, 5.74) is 0.278. The van der Waals surface area contributed by atoms with Crippen molar-refractivity contribution in [3.63, 3.8) is 0 Å². The molecule has 70 heavy (non-hydrogen) atoms. The highest BCUT2D eigenvalue weighted by Crippen LogP contribution is 2.38. The number of pyridine rings is 1. The molecule has 0 radical (unpaired) electrons. The second-order valence-corrected chi connectivity index (χ2v) is 19.4. The van der Waals surface area contributed by atoms with Gasteiger partial charge in [0.2, 0.25) is 0 Å². The van der Waals surface area contributed by atoms with Crippen LogP contribution in [0.4, 0.5) is 0 Å². The minimum absolute atomic E-state index is 0.0286. The Kier molecular flexibility index (Phi) is 21.4. The van der Waals surface area contributed by atoms with E-state index in [1.165, 1.54) is 7.11 Å². The van der Waals surface area contributed by atoms with E-state index < -0.39 is 121 Å². The smallest absolute Gasteiger partial charge is 0.310 e. The largest absolute Gasteiger partial charge is 0.459 e. The quantitative estimate of drug-likeness (QED) is 0.0975. The van der Waals surface area contributed by atoms with Crippen LogP contribution in [0.2, 0.25) is 0 Å². The Labute approximate surface area is 412 Å². The van der Waals surface area contributed by atoms with Gasteiger partial charge in [0.05, 0.1) is 42.4 Å². The Morgan fingerprint density at radius 2 is 1.69 bits per heavy atom. The number of aliphatic hydroxyl groups is 3. The second-order valence-electron chi connectivity index (χ2n) is 19.4. The van der Waals surface area contributed by atoms with Gasteiger partial charge in [-0.1, -0.05) is 57.2 Å². The van der Waals surface area contributed by atoms with Crippen LogP contribution in [-0.2, 0) is 57.1 Å². The van der Waals surface area contributed by atoms with E-state index >= 15 is 0 Å². The first-order valence-electron chi connectivity index (χ1n) is 24.6. The molecule has 0 amide bonds. The first-order chi connectivity index (χ1) is 33.3. The Morgan fingerprint density at radius 1 is 0.971 bits per heavy atom. The molecular formula is C52H77N3O15. The number of fused-ring (bicyclic) bond motifs is 1. The van der Waals surface area contributed by atoms with Gasteiger partial charge in [-0.2, -0.15) is 0 Å². The van der Waals surface area contributed by atoms with Gasteiger partial charge in [-0.3, -0.25) is 19.4 Å². The molecule has 0 aliphatic carbocycles. The highest BCUT2D eigenvalue weighted by Gasteiger charge is 2.53. The highest BCUT2D eigenvalue weighted by atomic mass is 16.7. The van der Waals surface area contributed by atoms with Crippen molar-refractivity contribution >= 4 is 41.2 Å². The van der Waals surface area contributed by atoms with E-state index in [4.69, 9.17) is 37.9 Å². The summed E-state index contributed by atoms with van der Waals surface area (Å²) in [6.45, 7) is 10.8. The summed E-state index contributed by atoms with van der Waals surface area (Å²) < 4.78 is 49.7. The molecule has 2 saturated heterocycles. The predicted octanol–water partition coefficient (Wildman–Crippen LogP) is 4.38. The summed E-state index contributed by atoms with van der Waals surface area (Å²) in [6, 6.07) is 8.89. The number of aldehydes is 1. The lowest BCUT2D eigenvalue weighted by Crippen LogP contribution is -2.66. The predicted molar refractivity (Wildman–Crippen MR) is 259 cm³/mol. The molecule has 16 atom stereocenters. The second kappa shape index (κ2) is 26.5. The van der Waals surface area contributed by atoms with E-state index in [9.17, 15) is 34.5 Å². The molecule has 0 spiro atoms. The molecule has 2 fully saturated rings. The summed E-state index contributed by atoms with van der Waals surface area (Å²) in [4.78, 5) is 60.3. The van der Waals surface area contributed by atoms with Crippen LogP contribution in [0, 0.1) is 11.8 Å². The van der Waals surface area contributed by atoms with Crippen LogP contribution >= 0.6 is 0 Å². The van der Waals surface area contributed by atoms with E-state index in [0.717, 1.165) is 22.8 Å². The Morgan fingerprint density at radius 3 is 2.36 bits per heavy atom. The molecule has 5 rings (SSSR count). The maximum Gasteiger partial charge on any atom is 0.310 e. The number of carbonyl (C=O) groups is 4. The van der Waals surface area contributed by atoms with Gasteiger partial charge in [-0.15, -0.1) is 0 Å². The molecule has 18 heteroatoms. The van der Waals surface area contributed by atoms with Crippen molar-refractivity contribution in [2.45, 2.75) is 172 Å². The van der Waals surface area contributed by atoms with Crippen LogP contribution < -0.4 is 0 Å². The average molecular weight is 984 g/mol. The standard InChI is InChI=1S/C52H77N3O15/c1-11-41(58)67-40-28-43(60)66-36(18-15-17-34-22-24-53-38-21-14-13-20-37(34)38)19-16-25-55(9)30-39(57)31(3)27-35(23-26-56)48(49(40)63-10)70-51-46(61)45(54(7)8)47(32(4)65-51)69-44-29-52(6,62)50(33(5)64-44)68-42(59)12-2/h13-17,19-22,24,26,31-33,35-36,39-40,44-51,57,61-62H,11-12,18,23,25,27-30H2,1-10H3/b17-15+,19-16+/t31-,32?,33?,35+,36+,39+,40-,44+,45?,46?,47+,48+,49+,50+,51+,52?/m1/s1. The van der Waals surface area contributed by atoms with Crippen molar-refractivity contribution in [2.75, 3.05) is 41.3 Å². The van der Waals surface area contributed by atoms with Crippen molar-refractivity contribution in [3.05, 3.63) is 60.3 Å². The van der Waals surface area contributed by atoms with Gasteiger partial charge in [0.25, 0.3) is 0 Å². The topological polar surface area (TPSA) is 222 Å². The van der Waals surface area contributed by atoms with Crippen LogP contribution in [0.3, 0.4) is 0 Å². The maximum atomic E-state index is 14.1. The minimum atomic E-state index is -1.51. The first kappa shape index (κ1) is 56.7. The van der Waals surface area contributed by atoms with Crippen LogP contribution in [0.15, 0.2) is 54.8 Å². The lowest BCUT2D eigenvalue weighted by Gasteiger charge is -2.50. The monoisotopic (exact) mass is 984 g/mol. The SMILES string of the molecule is CCC(=O)O[C@@H]1CC(=O)O[C@@H](C/C=C/c2ccnc3ccccc23)/C=C/CN(C)C[C@H](O)[C@H](C)C[C@H](CC=O)[C@H](O[C@@H]2OC(C)[C@H](O[C@H]3CC(C)(O)[C@@H](OC(=O)CC)C(C)O3)C(N(C)C)C2O)[C@H]1OC. The molecule has 3 aliphatic rings. The summed E-state index contributed by atoms with van der Waals surface area (Å²) in [6.07, 6.45) is -2.38. The van der Waals surface area contributed by atoms with Gasteiger partial charge in [0.1, 0.15) is 42.4 Å². The van der Waals surface area contributed by atoms with E-state index in [-0.39, 0.29) is 38.6 Å². The fourth-order valence-corrected chi connectivity index (χ4v) is 9.74. The third kappa shape index (κ3) is 15.2. The zero-order valence-electron chi connectivity index (χ0n) is 42.5. The van der Waals surface area contributed by atoms with Crippen molar-refractivity contribution < 1.29 is 72.4 Å². The summed E-state index contributed by atoms with van der Waals surface area (Å²) in [5, 5.41) is 36.3. The minimum Gasteiger partial charge on any atom is -0.459 e. The van der Waals surface area contributed by atoms with Gasteiger partial charge in [-0.05, 0) is 83.9 Å². The number of aromatic nitrogens is 1. The Bertz CT molecular complexity index is 2060. The first-order valence-corrected chi connectivity index (χ1v) is 24.6. The highest BCUT2D eigenvalue weighted by molar-refractivity contribution is 5.87. The number of likely N-dealkylation sites (N-methyl/N-ethyl adjacent to an activating group) is 2. The van der Waals surface area contributed by atoms with Gasteiger partial charge < -0.3 is 67.8 Å². The lowest BCUT2D eigenvalue weighted by atomic mass is 9.82. The summed E-state index contributed by atoms with van der Waals surface area (Å²) in [7, 11) is 6.76. The van der Waals surface area contributed by atoms with Gasteiger partial charge >= 0.3 is 17.9 Å². The van der Waals surface area contributed by atoms with E-state index in [0.29, 0.717) is 13.0 Å². The normalized spacial score (nSPS) is 35.9. The van der Waals surface area contributed by atoms with Crippen molar-refractivity contribution in [2.24, 2.45) is 11.8 Å². The van der Waals surface area contributed by atoms with E-state index in [1.807, 2.05) is 67.4 Å². The summed E-state index contributed by atoms with van der Waals surface area (Å²) in [5.74, 6) is -2.92. The summed E-state index contributed by atoms with van der Waals surface area (Å²) >= 11 is 0. The van der Waals surface area contributed by atoms with Crippen LogP contribution in [-0.4, -0.2) is 181 Å². The molecule has 390 valence electrons. The number of para-hydroxylation sites is 1. The van der Waals surface area contributed by atoms with Gasteiger partial charge in [0, 0.05) is 63.9 Å². The molecule has 5 unspecified atom stereocenters. The number of esters is 3. The molecule has 3 N–H and O–H groups in total. The molecule has 4 heterocycles. The number of ether oxygens (including phenoxy) is 8. The number of hydrogen-bond donors (Lipinski definition) is 3. The number of carbonyl (C=O) groups excluding carboxylic acids is 4. The fourth-order valence-electron chi connectivity index (χ4n) is 9.74. The number of rotatable bonds is 15. The number of benzene rings is 1. The molecule has 1 aromatic heterocycles. The lowest BCUT2D eigenvalue weighted by molar-refractivity contribution is -0.344. The number of methoxy groups -OCH3 is 1. The van der Waals surface area contributed by atoms with Crippen molar-refractivity contribution in [3.8, 4) is 0 Å². The van der Waals surface area contributed by atoms with Gasteiger partial charge in [-0.25, -0.2) is 0 Å².